The highest BCUT2D eigenvalue weighted by atomic mass is 32.2. The molecule has 1 aliphatic rings. The number of rotatable bonds is 4. The average molecular weight is 337 g/mol. The first-order valence-corrected chi connectivity index (χ1v) is 8.79. The maximum absolute atomic E-state index is 12.5. The second-order valence-electron chi connectivity index (χ2n) is 5.37. The maximum atomic E-state index is 12.5. The van der Waals surface area contributed by atoms with Crippen LogP contribution < -0.4 is 9.62 Å². The number of nitrogens with zero attached hydrogens (tertiary/aromatic N) is 3. The van der Waals surface area contributed by atoms with Crippen molar-refractivity contribution in [2.75, 3.05) is 35.9 Å². The van der Waals surface area contributed by atoms with Crippen LogP contribution in [-0.2, 0) is 14.8 Å². The van der Waals surface area contributed by atoms with Gasteiger partial charge in [-0.05, 0) is 26.0 Å². The van der Waals surface area contributed by atoms with Gasteiger partial charge in [-0.2, -0.15) is 5.10 Å². The van der Waals surface area contributed by atoms with Gasteiger partial charge in [-0.25, -0.2) is 13.4 Å². The van der Waals surface area contributed by atoms with Crippen molar-refractivity contribution in [1.82, 2.24) is 15.2 Å². The number of anilines is 2. The third-order valence-electron chi connectivity index (χ3n) is 3.66. The molecule has 0 radical (unpaired) electrons. The Bertz CT molecular complexity index is 760. The van der Waals surface area contributed by atoms with Crippen LogP contribution >= 0.6 is 0 Å². The van der Waals surface area contributed by atoms with Crippen LogP contribution in [0.15, 0.2) is 23.2 Å². The molecule has 3 rings (SSSR count). The van der Waals surface area contributed by atoms with Gasteiger partial charge in [0.15, 0.2) is 0 Å². The number of aromatic amines is 1. The molecule has 8 nitrogen and oxygen atoms in total. The molecule has 0 aliphatic carbocycles. The number of nitrogens with one attached hydrogen (secondary N) is 2. The van der Waals surface area contributed by atoms with E-state index in [1.807, 2.05) is 0 Å². The molecule has 0 unspecified atom stereocenters. The second-order valence-corrected chi connectivity index (χ2v) is 6.99. The molecular formula is C14H19N5O3S. The number of pyridine rings is 1. The fourth-order valence-corrected chi connectivity index (χ4v) is 3.99. The standard InChI is InChI=1S/C14H19N5O3S/c1-10-14(11(2)17-16-10)23(20,21)18-12-3-4-13(15-9-12)19-5-7-22-8-6-19/h3-4,9,18H,5-8H2,1-2H3,(H,16,17). The van der Waals surface area contributed by atoms with Gasteiger partial charge in [-0.3, -0.25) is 9.82 Å². The summed E-state index contributed by atoms with van der Waals surface area (Å²) < 4.78 is 32.8. The van der Waals surface area contributed by atoms with E-state index in [9.17, 15) is 8.42 Å². The van der Waals surface area contributed by atoms with Crippen molar-refractivity contribution in [3.05, 3.63) is 29.7 Å². The number of aromatic nitrogens is 3. The topological polar surface area (TPSA) is 100 Å². The number of ether oxygens (including phenoxy) is 1. The third kappa shape index (κ3) is 3.30. The SMILES string of the molecule is Cc1n[nH]c(C)c1S(=O)(=O)Nc1ccc(N2CCOCC2)nc1. The summed E-state index contributed by atoms with van der Waals surface area (Å²) in [5, 5.41) is 6.60. The third-order valence-corrected chi connectivity index (χ3v) is 5.31. The molecule has 9 heteroatoms. The highest BCUT2D eigenvalue weighted by Gasteiger charge is 2.22. The smallest absolute Gasteiger partial charge is 0.265 e. The monoisotopic (exact) mass is 337 g/mol. The summed E-state index contributed by atoms with van der Waals surface area (Å²) in [6, 6.07) is 3.51. The van der Waals surface area contributed by atoms with Crippen LogP contribution in [0.2, 0.25) is 0 Å². The number of aryl methyl sites for hydroxylation is 2. The van der Waals surface area contributed by atoms with E-state index < -0.39 is 10.0 Å². The lowest BCUT2D eigenvalue weighted by atomic mass is 10.3. The van der Waals surface area contributed by atoms with Gasteiger partial charge in [0, 0.05) is 13.1 Å². The highest BCUT2D eigenvalue weighted by molar-refractivity contribution is 7.92. The number of H-pyrrole nitrogens is 1. The van der Waals surface area contributed by atoms with E-state index in [1.54, 1.807) is 26.0 Å². The Labute approximate surface area is 134 Å². The van der Waals surface area contributed by atoms with E-state index in [0.717, 1.165) is 18.9 Å². The van der Waals surface area contributed by atoms with Crippen molar-refractivity contribution in [3.63, 3.8) is 0 Å². The zero-order valence-corrected chi connectivity index (χ0v) is 13.9. The van der Waals surface area contributed by atoms with E-state index in [1.165, 1.54) is 6.20 Å². The van der Waals surface area contributed by atoms with Crippen molar-refractivity contribution in [2.45, 2.75) is 18.7 Å². The summed E-state index contributed by atoms with van der Waals surface area (Å²) in [6.07, 6.45) is 1.52. The minimum Gasteiger partial charge on any atom is -0.378 e. The van der Waals surface area contributed by atoms with Crippen LogP contribution in [-0.4, -0.2) is 49.9 Å². The zero-order valence-electron chi connectivity index (χ0n) is 13.0. The molecule has 124 valence electrons. The summed E-state index contributed by atoms with van der Waals surface area (Å²) in [5.74, 6) is 0.812. The Kier molecular flexibility index (Phi) is 4.22. The Balaban J connectivity index is 1.78. The zero-order chi connectivity index (χ0) is 16.4. The number of sulfonamides is 1. The first-order chi connectivity index (χ1) is 11.0. The van der Waals surface area contributed by atoms with E-state index >= 15 is 0 Å². The Morgan fingerprint density at radius 2 is 2.00 bits per heavy atom. The van der Waals surface area contributed by atoms with Crippen LogP contribution in [0.5, 0.6) is 0 Å². The molecule has 1 aliphatic heterocycles. The van der Waals surface area contributed by atoms with Crippen LogP contribution in [0.1, 0.15) is 11.4 Å². The van der Waals surface area contributed by atoms with E-state index in [-0.39, 0.29) is 4.90 Å². The van der Waals surface area contributed by atoms with Gasteiger partial charge in [-0.1, -0.05) is 0 Å². The molecule has 0 spiro atoms. The molecule has 2 aromatic heterocycles. The Hall–Kier alpha value is -2.13. The van der Waals surface area contributed by atoms with E-state index in [0.29, 0.717) is 30.3 Å². The Morgan fingerprint density at radius 3 is 2.57 bits per heavy atom. The van der Waals surface area contributed by atoms with Crippen molar-refractivity contribution in [3.8, 4) is 0 Å². The molecule has 2 N–H and O–H groups in total. The first kappa shape index (κ1) is 15.8. The predicted octanol–water partition coefficient (Wildman–Crippen LogP) is 1.06. The molecule has 3 heterocycles. The lowest BCUT2D eigenvalue weighted by molar-refractivity contribution is 0.122. The lowest BCUT2D eigenvalue weighted by Gasteiger charge is -2.27. The average Bonchev–Trinajstić information content (AvgIpc) is 2.88. The van der Waals surface area contributed by atoms with Gasteiger partial charge in [0.2, 0.25) is 0 Å². The molecule has 0 amide bonds. The maximum Gasteiger partial charge on any atom is 0.265 e. The summed E-state index contributed by atoms with van der Waals surface area (Å²) in [6.45, 7) is 6.24. The second kappa shape index (κ2) is 6.17. The summed E-state index contributed by atoms with van der Waals surface area (Å²) >= 11 is 0. The van der Waals surface area contributed by atoms with Crippen LogP contribution in [0.25, 0.3) is 0 Å². The summed E-state index contributed by atoms with van der Waals surface area (Å²) in [4.78, 5) is 6.61. The van der Waals surface area contributed by atoms with Gasteiger partial charge in [0.1, 0.15) is 10.7 Å². The van der Waals surface area contributed by atoms with Crippen LogP contribution in [0.4, 0.5) is 11.5 Å². The Morgan fingerprint density at radius 1 is 1.26 bits per heavy atom. The molecule has 2 aromatic rings. The number of morpholine rings is 1. The first-order valence-electron chi connectivity index (χ1n) is 7.30. The molecular weight excluding hydrogens is 318 g/mol. The minimum absolute atomic E-state index is 0.176. The quantitative estimate of drug-likeness (QED) is 0.865. The molecule has 1 saturated heterocycles. The molecule has 0 bridgehead atoms. The van der Waals surface area contributed by atoms with Crippen molar-refractivity contribution < 1.29 is 13.2 Å². The van der Waals surface area contributed by atoms with Crippen molar-refractivity contribution in [1.29, 1.82) is 0 Å². The molecule has 0 saturated carbocycles. The molecule has 1 fully saturated rings. The molecule has 0 aromatic carbocycles. The van der Waals surface area contributed by atoms with Gasteiger partial charge < -0.3 is 9.64 Å². The van der Waals surface area contributed by atoms with Crippen LogP contribution in [0, 0.1) is 13.8 Å². The molecule has 0 atom stereocenters. The van der Waals surface area contributed by atoms with Gasteiger partial charge in [0.05, 0.1) is 36.5 Å². The largest absolute Gasteiger partial charge is 0.378 e. The molecule has 23 heavy (non-hydrogen) atoms. The fraction of sp³-hybridized carbons (Fsp3) is 0.429. The fourth-order valence-electron chi connectivity index (χ4n) is 2.57. The summed E-state index contributed by atoms with van der Waals surface area (Å²) in [5.41, 5.74) is 1.36. The normalized spacial score (nSPS) is 15.7. The minimum atomic E-state index is -3.69. The number of hydrogen-bond donors (Lipinski definition) is 2. The van der Waals surface area contributed by atoms with E-state index in [2.05, 4.69) is 24.8 Å². The van der Waals surface area contributed by atoms with Crippen LogP contribution in [0.3, 0.4) is 0 Å². The predicted molar refractivity (Wildman–Crippen MR) is 86.1 cm³/mol. The number of hydrogen-bond acceptors (Lipinski definition) is 6. The van der Waals surface area contributed by atoms with Gasteiger partial charge in [-0.15, -0.1) is 0 Å². The lowest BCUT2D eigenvalue weighted by Crippen LogP contribution is -2.36. The highest BCUT2D eigenvalue weighted by Crippen LogP contribution is 2.22. The van der Waals surface area contributed by atoms with E-state index in [4.69, 9.17) is 4.74 Å². The van der Waals surface area contributed by atoms with Crippen molar-refractivity contribution in [2.24, 2.45) is 0 Å². The van der Waals surface area contributed by atoms with Crippen molar-refractivity contribution >= 4 is 21.5 Å². The van der Waals surface area contributed by atoms with Gasteiger partial charge in [0.25, 0.3) is 10.0 Å². The summed E-state index contributed by atoms with van der Waals surface area (Å²) in [7, 11) is -3.69. The van der Waals surface area contributed by atoms with Gasteiger partial charge >= 0.3 is 0 Å².